The maximum absolute atomic E-state index is 12.3. The number of rotatable bonds is 8. The number of morpholine rings is 1. The van der Waals surface area contributed by atoms with Gasteiger partial charge in [-0.15, -0.1) is 12.4 Å². The predicted molar refractivity (Wildman–Crippen MR) is 103 cm³/mol. The summed E-state index contributed by atoms with van der Waals surface area (Å²) < 4.78 is 16.3. The number of hydrogen-bond acceptors (Lipinski definition) is 6. The van der Waals surface area contributed by atoms with Gasteiger partial charge in [0.15, 0.2) is 18.1 Å². The molecule has 1 heterocycles. The SMILES string of the molecule is CCNC(=O)COc1ccc(CNC(=O)[C@H]2NCCO[C@@H]2C)cc1OC.Cl. The van der Waals surface area contributed by atoms with Crippen molar-refractivity contribution in [3.05, 3.63) is 23.8 Å². The largest absolute Gasteiger partial charge is 0.493 e. The van der Waals surface area contributed by atoms with Crippen LogP contribution in [-0.4, -0.2) is 57.4 Å². The van der Waals surface area contributed by atoms with Gasteiger partial charge in [-0.3, -0.25) is 9.59 Å². The third-order valence-electron chi connectivity index (χ3n) is 4.03. The molecule has 152 valence electrons. The number of likely N-dealkylation sites (N-methyl/N-ethyl adjacent to an activating group) is 1. The minimum atomic E-state index is -0.356. The Morgan fingerprint density at radius 1 is 1.30 bits per heavy atom. The van der Waals surface area contributed by atoms with E-state index in [-0.39, 0.29) is 43.0 Å². The summed E-state index contributed by atoms with van der Waals surface area (Å²) in [5.74, 6) is 0.688. The van der Waals surface area contributed by atoms with Crippen LogP contribution in [0.5, 0.6) is 11.5 Å². The highest BCUT2D eigenvalue weighted by molar-refractivity contribution is 5.85. The van der Waals surface area contributed by atoms with Crippen molar-refractivity contribution in [3.8, 4) is 11.5 Å². The lowest BCUT2D eigenvalue weighted by atomic mass is 10.1. The van der Waals surface area contributed by atoms with Gasteiger partial charge in [-0.05, 0) is 31.5 Å². The Kier molecular flexibility index (Phi) is 9.92. The van der Waals surface area contributed by atoms with E-state index in [0.717, 1.165) is 5.56 Å². The van der Waals surface area contributed by atoms with Crippen LogP contribution in [0.25, 0.3) is 0 Å². The van der Waals surface area contributed by atoms with Gasteiger partial charge in [0.25, 0.3) is 5.91 Å². The van der Waals surface area contributed by atoms with E-state index in [4.69, 9.17) is 14.2 Å². The maximum Gasteiger partial charge on any atom is 0.257 e. The van der Waals surface area contributed by atoms with E-state index in [2.05, 4.69) is 16.0 Å². The molecule has 1 fully saturated rings. The van der Waals surface area contributed by atoms with Gasteiger partial charge >= 0.3 is 0 Å². The zero-order chi connectivity index (χ0) is 18.9. The summed E-state index contributed by atoms with van der Waals surface area (Å²) in [6.45, 7) is 5.82. The first-order valence-corrected chi connectivity index (χ1v) is 8.74. The van der Waals surface area contributed by atoms with Crippen LogP contribution in [-0.2, 0) is 20.9 Å². The molecule has 2 atom stereocenters. The molecule has 8 nitrogen and oxygen atoms in total. The molecular formula is C18H28ClN3O5. The van der Waals surface area contributed by atoms with Crippen LogP contribution in [0.2, 0.25) is 0 Å². The molecule has 0 unspecified atom stereocenters. The van der Waals surface area contributed by atoms with E-state index < -0.39 is 0 Å². The first-order valence-electron chi connectivity index (χ1n) is 8.74. The molecule has 1 aromatic carbocycles. The fourth-order valence-corrected chi connectivity index (χ4v) is 2.66. The van der Waals surface area contributed by atoms with Crippen LogP contribution in [0.15, 0.2) is 18.2 Å². The summed E-state index contributed by atoms with van der Waals surface area (Å²) in [5.41, 5.74) is 0.866. The molecular weight excluding hydrogens is 374 g/mol. The summed E-state index contributed by atoms with van der Waals surface area (Å²) in [5, 5.41) is 8.71. The van der Waals surface area contributed by atoms with Crippen molar-refractivity contribution in [2.24, 2.45) is 0 Å². The zero-order valence-corrected chi connectivity index (χ0v) is 16.7. The van der Waals surface area contributed by atoms with Crippen molar-refractivity contribution >= 4 is 24.2 Å². The lowest BCUT2D eigenvalue weighted by molar-refractivity contribution is -0.129. The van der Waals surface area contributed by atoms with Crippen LogP contribution in [0.1, 0.15) is 19.4 Å². The number of carbonyl (C=O) groups excluding carboxylic acids is 2. The van der Waals surface area contributed by atoms with Crippen molar-refractivity contribution in [1.82, 2.24) is 16.0 Å². The Morgan fingerprint density at radius 3 is 2.74 bits per heavy atom. The average molecular weight is 402 g/mol. The summed E-state index contributed by atoms with van der Waals surface area (Å²) in [6.07, 6.45) is -0.164. The quantitative estimate of drug-likeness (QED) is 0.591. The van der Waals surface area contributed by atoms with E-state index in [1.807, 2.05) is 19.9 Å². The minimum absolute atomic E-state index is 0. The van der Waals surface area contributed by atoms with E-state index in [9.17, 15) is 9.59 Å². The fourth-order valence-electron chi connectivity index (χ4n) is 2.66. The van der Waals surface area contributed by atoms with Crippen LogP contribution < -0.4 is 25.4 Å². The third kappa shape index (κ3) is 6.89. The second-order valence-corrected chi connectivity index (χ2v) is 5.95. The first-order chi connectivity index (χ1) is 12.5. The van der Waals surface area contributed by atoms with Crippen molar-refractivity contribution < 1.29 is 23.8 Å². The smallest absolute Gasteiger partial charge is 0.257 e. The van der Waals surface area contributed by atoms with Gasteiger partial charge in [-0.1, -0.05) is 6.07 Å². The summed E-state index contributed by atoms with van der Waals surface area (Å²) in [4.78, 5) is 23.8. The minimum Gasteiger partial charge on any atom is -0.493 e. The molecule has 1 saturated heterocycles. The summed E-state index contributed by atoms with van der Waals surface area (Å²) in [7, 11) is 1.53. The van der Waals surface area contributed by atoms with E-state index >= 15 is 0 Å². The Hall–Kier alpha value is -2.03. The van der Waals surface area contributed by atoms with Crippen molar-refractivity contribution in [2.75, 3.05) is 33.4 Å². The molecule has 9 heteroatoms. The Balaban J connectivity index is 0.00000364. The van der Waals surface area contributed by atoms with Crippen molar-refractivity contribution in [1.29, 1.82) is 0 Å². The molecule has 0 spiro atoms. The second kappa shape index (κ2) is 11.6. The van der Waals surface area contributed by atoms with Gasteiger partial charge in [-0.2, -0.15) is 0 Å². The molecule has 1 aromatic rings. The third-order valence-corrected chi connectivity index (χ3v) is 4.03. The number of carbonyl (C=O) groups is 2. The number of halogens is 1. The Labute approximate surface area is 165 Å². The normalized spacial score (nSPS) is 18.8. The second-order valence-electron chi connectivity index (χ2n) is 5.95. The molecule has 0 aromatic heterocycles. The van der Waals surface area contributed by atoms with E-state index in [0.29, 0.717) is 37.7 Å². The average Bonchev–Trinajstić information content (AvgIpc) is 2.65. The zero-order valence-electron chi connectivity index (χ0n) is 15.9. The Morgan fingerprint density at radius 2 is 2.07 bits per heavy atom. The number of hydrogen-bond donors (Lipinski definition) is 3. The number of amides is 2. The number of methoxy groups -OCH3 is 1. The summed E-state index contributed by atoms with van der Waals surface area (Å²) >= 11 is 0. The van der Waals surface area contributed by atoms with E-state index in [1.54, 1.807) is 12.1 Å². The molecule has 1 aliphatic rings. The van der Waals surface area contributed by atoms with Crippen molar-refractivity contribution in [2.45, 2.75) is 32.5 Å². The van der Waals surface area contributed by atoms with Crippen LogP contribution in [0.3, 0.4) is 0 Å². The lowest BCUT2D eigenvalue weighted by Gasteiger charge is -2.29. The molecule has 2 amide bonds. The molecule has 0 saturated carbocycles. The molecule has 0 bridgehead atoms. The van der Waals surface area contributed by atoms with Crippen LogP contribution >= 0.6 is 12.4 Å². The number of benzene rings is 1. The van der Waals surface area contributed by atoms with Gasteiger partial charge in [0.2, 0.25) is 5.91 Å². The molecule has 27 heavy (non-hydrogen) atoms. The maximum atomic E-state index is 12.3. The molecule has 1 aliphatic heterocycles. The number of nitrogens with one attached hydrogen (secondary N) is 3. The first kappa shape index (κ1) is 23.0. The summed E-state index contributed by atoms with van der Waals surface area (Å²) in [6, 6.07) is 4.97. The predicted octanol–water partition coefficient (Wildman–Crippen LogP) is 0.625. The van der Waals surface area contributed by atoms with E-state index in [1.165, 1.54) is 7.11 Å². The fraction of sp³-hybridized carbons (Fsp3) is 0.556. The van der Waals surface area contributed by atoms with Crippen molar-refractivity contribution in [3.63, 3.8) is 0 Å². The Bertz CT molecular complexity index is 629. The van der Waals surface area contributed by atoms with Crippen LogP contribution in [0.4, 0.5) is 0 Å². The molecule has 2 rings (SSSR count). The number of ether oxygens (including phenoxy) is 3. The van der Waals surface area contributed by atoms with Gasteiger partial charge in [0.05, 0.1) is 19.8 Å². The van der Waals surface area contributed by atoms with Gasteiger partial charge in [-0.25, -0.2) is 0 Å². The highest BCUT2D eigenvalue weighted by atomic mass is 35.5. The van der Waals surface area contributed by atoms with Crippen LogP contribution in [0, 0.1) is 0 Å². The highest BCUT2D eigenvalue weighted by Crippen LogP contribution is 2.28. The lowest BCUT2D eigenvalue weighted by Crippen LogP contribution is -2.55. The standard InChI is InChI=1S/C18H27N3O5.ClH/c1-4-19-16(22)11-26-14-6-5-13(9-15(14)24-3)10-21-18(23)17-12(2)25-8-7-20-17;/h5-6,9,12,17,20H,4,7-8,10-11H2,1-3H3,(H,19,22)(H,21,23);1H/t12-,17+;/m1./s1. The molecule has 0 radical (unpaired) electrons. The van der Waals surface area contributed by atoms with Gasteiger partial charge in [0.1, 0.15) is 6.04 Å². The molecule has 0 aliphatic carbocycles. The topological polar surface area (TPSA) is 97.9 Å². The molecule has 3 N–H and O–H groups in total. The van der Waals surface area contributed by atoms with Gasteiger partial charge in [0, 0.05) is 19.6 Å². The highest BCUT2D eigenvalue weighted by Gasteiger charge is 2.27. The van der Waals surface area contributed by atoms with Gasteiger partial charge < -0.3 is 30.2 Å². The monoisotopic (exact) mass is 401 g/mol.